The van der Waals surface area contributed by atoms with Gasteiger partial charge in [0.05, 0.1) is 16.9 Å². The zero-order valence-corrected chi connectivity index (χ0v) is 24.9. The third-order valence-corrected chi connectivity index (χ3v) is 8.87. The molecule has 0 fully saturated rings. The SMILES string of the molecule is c1ccc(-c2cc(-c3cccc4ccccc34)nc3c2ccc2c(-c4ccccc4)nc(-c4cccc5ccccc45)nc23)cc1. The summed E-state index contributed by atoms with van der Waals surface area (Å²) in [6.07, 6.45) is 0. The molecule has 0 unspecified atom stereocenters. The second kappa shape index (κ2) is 10.8. The summed E-state index contributed by atoms with van der Waals surface area (Å²) in [7, 11) is 0. The van der Waals surface area contributed by atoms with Gasteiger partial charge in [0.15, 0.2) is 5.82 Å². The van der Waals surface area contributed by atoms with E-state index >= 15 is 0 Å². The number of pyridine rings is 1. The van der Waals surface area contributed by atoms with Crippen LogP contribution < -0.4 is 0 Å². The van der Waals surface area contributed by atoms with Gasteiger partial charge in [-0.15, -0.1) is 0 Å². The number of nitrogens with zero attached hydrogens (tertiary/aromatic N) is 3. The molecular formula is C43H27N3. The molecule has 0 spiro atoms. The molecule has 0 bridgehead atoms. The molecule has 0 saturated heterocycles. The van der Waals surface area contributed by atoms with Gasteiger partial charge in [0.1, 0.15) is 5.52 Å². The molecule has 0 radical (unpaired) electrons. The summed E-state index contributed by atoms with van der Waals surface area (Å²) < 4.78 is 0. The van der Waals surface area contributed by atoms with Gasteiger partial charge >= 0.3 is 0 Å². The first-order chi connectivity index (χ1) is 22.8. The molecule has 7 aromatic carbocycles. The van der Waals surface area contributed by atoms with Crippen LogP contribution in [0.4, 0.5) is 0 Å². The summed E-state index contributed by atoms with van der Waals surface area (Å²) in [6, 6.07) is 57.3. The Hall–Kier alpha value is -6.19. The summed E-state index contributed by atoms with van der Waals surface area (Å²) in [5.74, 6) is 0.689. The summed E-state index contributed by atoms with van der Waals surface area (Å²) >= 11 is 0. The molecule has 2 aromatic heterocycles. The lowest BCUT2D eigenvalue weighted by Crippen LogP contribution is -1.99. The molecule has 0 N–H and O–H groups in total. The maximum atomic E-state index is 5.45. The first kappa shape index (κ1) is 26.2. The Balaban J connectivity index is 1.43. The molecule has 0 aliphatic heterocycles. The monoisotopic (exact) mass is 585 g/mol. The Bertz CT molecular complexity index is 2380. The second-order valence-electron chi connectivity index (χ2n) is 11.6. The van der Waals surface area contributed by atoms with Gasteiger partial charge in [-0.2, -0.15) is 0 Å². The Morgan fingerprint density at radius 3 is 1.59 bits per heavy atom. The largest absolute Gasteiger partial charge is 0.245 e. The van der Waals surface area contributed by atoms with Crippen molar-refractivity contribution in [2.75, 3.05) is 0 Å². The van der Waals surface area contributed by atoms with Crippen LogP contribution in [-0.2, 0) is 0 Å². The van der Waals surface area contributed by atoms with E-state index in [0.717, 1.165) is 71.8 Å². The lowest BCUT2D eigenvalue weighted by Gasteiger charge is -2.16. The Labute approximate surface area is 266 Å². The molecule has 9 aromatic rings. The van der Waals surface area contributed by atoms with Crippen LogP contribution in [0.5, 0.6) is 0 Å². The highest BCUT2D eigenvalue weighted by molar-refractivity contribution is 6.13. The van der Waals surface area contributed by atoms with Gasteiger partial charge in [0.25, 0.3) is 0 Å². The third kappa shape index (κ3) is 4.33. The molecule has 9 rings (SSSR count). The normalized spacial score (nSPS) is 11.5. The summed E-state index contributed by atoms with van der Waals surface area (Å²) in [4.78, 5) is 16.1. The third-order valence-electron chi connectivity index (χ3n) is 8.87. The van der Waals surface area contributed by atoms with Gasteiger partial charge in [-0.1, -0.05) is 152 Å². The maximum absolute atomic E-state index is 5.45. The molecule has 0 atom stereocenters. The highest BCUT2D eigenvalue weighted by Gasteiger charge is 2.19. The minimum atomic E-state index is 0.689. The molecule has 0 saturated carbocycles. The number of aromatic nitrogens is 3. The van der Waals surface area contributed by atoms with Crippen molar-refractivity contribution in [3.05, 3.63) is 164 Å². The van der Waals surface area contributed by atoms with E-state index < -0.39 is 0 Å². The Morgan fingerprint density at radius 2 is 0.870 bits per heavy atom. The topological polar surface area (TPSA) is 38.7 Å². The van der Waals surface area contributed by atoms with Crippen molar-refractivity contribution in [3.63, 3.8) is 0 Å². The van der Waals surface area contributed by atoms with Crippen LogP contribution in [0.3, 0.4) is 0 Å². The lowest BCUT2D eigenvalue weighted by molar-refractivity contribution is 1.23. The fraction of sp³-hybridized carbons (Fsp3) is 0. The van der Waals surface area contributed by atoms with Crippen molar-refractivity contribution < 1.29 is 0 Å². The summed E-state index contributed by atoms with van der Waals surface area (Å²) in [5.41, 5.74) is 8.93. The van der Waals surface area contributed by atoms with E-state index in [4.69, 9.17) is 15.0 Å². The van der Waals surface area contributed by atoms with Gasteiger partial charge < -0.3 is 0 Å². The fourth-order valence-electron chi connectivity index (χ4n) is 6.68. The van der Waals surface area contributed by atoms with Crippen LogP contribution >= 0.6 is 0 Å². The van der Waals surface area contributed by atoms with E-state index in [9.17, 15) is 0 Å². The van der Waals surface area contributed by atoms with Gasteiger partial charge in [0.2, 0.25) is 0 Å². The minimum Gasteiger partial charge on any atom is -0.245 e. The molecule has 46 heavy (non-hydrogen) atoms. The van der Waals surface area contributed by atoms with Gasteiger partial charge in [-0.3, -0.25) is 0 Å². The van der Waals surface area contributed by atoms with Gasteiger partial charge in [-0.05, 0) is 44.8 Å². The fourth-order valence-corrected chi connectivity index (χ4v) is 6.68. The number of fused-ring (bicyclic) bond motifs is 5. The van der Waals surface area contributed by atoms with E-state index in [1.54, 1.807) is 0 Å². The maximum Gasteiger partial charge on any atom is 0.161 e. The van der Waals surface area contributed by atoms with E-state index in [-0.39, 0.29) is 0 Å². The van der Waals surface area contributed by atoms with E-state index in [2.05, 4.69) is 158 Å². The molecule has 3 heteroatoms. The van der Waals surface area contributed by atoms with Crippen molar-refractivity contribution in [3.8, 4) is 45.0 Å². The van der Waals surface area contributed by atoms with Crippen LogP contribution in [0, 0.1) is 0 Å². The predicted molar refractivity (Wildman–Crippen MR) is 192 cm³/mol. The molecule has 3 nitrogen and oxygen atoms in total. The van der Waals surface area contributed by atoms with Gasteiger partial charge in [-0.25, -0.2) is 15.0 Å². The van der Waals surface area contributed by atoms with Crippen LogP contribution in [0.1, 0.15) is 0 Å². The Kier molecular flexibility index (Phi) is 6.14. The Morgan fingerprint density at radius 1 is 0.326 bits per heavy atom. The number of hydrogen-bond acceptors (Lipinski definition) is 3. The number of rotatable bonds is 4. The van der Waals surface area contributed by atoms with Crippen molar-refractivity contribution in [2.24, 2.45) is 0 Å². The molecular weight excluding hydrogens is 558 g/mol. The van der Waals surface area contributed by atoms with Crippen LogP contribution in [0.25, 0.3) is 88.4 Å². The number of benzene rings is 7. The van der Waals surface area contributed by atoms with Crippen molar-refractivity contribution in [1.29, 1.82) is 0 Å². The minimum absolute atomic E-state index is 0.689. The first-order valence-electron chi connectivity index (χ1n) is 15.5. The summed E-state index contributed by atoms with van der Waals surface area (Å²) in [5, 5.41) is 6.68. The lowest BCUT2D eigenvalue weighted by atomic mass is 9.94. The predicted octanol–water partition coefficient (Wildman–Crippen LogP) is 11.2. The van der Waals surface area contributed by atoms with E-state index in [1.165, 1.54) is 10.8 Å². The molecule has 0 amide bonds. The molecule has 214 valence electrons. The number of hydrogen-bond donors (Lipinski definition) is 0. The zero-order valence-electron chi connectivity index (χ0n) is 24.9. The van der Waals surface area contributed by atoms with Crippen LogP contribution in [0.15, 0.2) is 164 Å². The van der Waals surface area contributed by atoms with Gasteiger partial charge in [0, 0.05) is 27.5 Å². The van der Waals surface area contributed by atoms with Crippen molar-refractivity contribution >= 4 is 43.4 Å². The standard InChI is InChI=1S/C43H27N3/c1-3-13-30(14-4-1)38-27-39(34-23-11-19-28-15-7-9-21-32(28)34)44-41-35(38)25-26-37-40(31-17-5-2-6-18-31)45-43(46-42(37)41)36-24-12-20-29-16-8-10-22-33(29)36/h1-27H. The van der Waals surface area contributed by atoms with E-state index in [0.29, 0.717) is 5.82 Å². The highest BCUT2D eigenvalue weighted by Crippen LogP contribution is 2.40. The van der Waals surface area contributed by atoms with Crippen molar-refractivity contribution in [1.82, 2.24) is 15.0 Å². The average molecular weight is 586 g/mol. The summed E-state index contributed by atoms with van der Waals surface area (Å²) in [6.45, 7) is 0. The average Bonchev–Trinajstić information content (AvgIpc) is 3.14. The van der Waals surface area contributed by atoms with E-state index in [1.807, 2.05) is 6.07 Å². The van der Waals surface area contributed by atoms with Crippen LogP contribution in [0.2, 0.25) is 0 Å². The highest BCUT2D eigenvalue weighted by atomic mass is 14.9. The quantitative estimate of drug-likeness (QED) is 0.193. The molecule has 0 aliphatic carbocycles. The van der Waals surface area contributed by atoms with Crippen LogP contribution in [-0.4, -0.2) is 15.0 Å². The molecule has 0 aliphatic rings. The second-order valence-corrected chi connectivity index (χ2v) is 11.6. The molecule has 2 heterocycles. The zero-order chi connectivity index (χ0) is 30.5. The smallest absolute Gasteiger partial charge is 0.161 e. The first-order valence-corrected chi connectivity index (χ1v) is 15.5. The van der Waals surface area contributed by atoms with Crippen molar-refractivity contribution in [2.45, 2.75) is 0 Å².